The molecule has 0 aliphatic heterocycles. The van der Waals surface area contributed by atoms with E-state index in [2.05, 4.69) is 10.6 Å². The first-order valence-electron chi connectivity index (χ1n) is 5.22. The van der Waals surface area contributed by atoms with Gasteiger partial charge in [-0.15, -0.1) is 0 Å². The van der Waals surface area contributed by atoms with E-state index in [0.717, 1.165) is 13.0 Å². The van der Waals surface area contributed by atoms with Crippen LogP contribution in [-0.4, -0.2) is 36.1 Å². The molecule has 0 aromatic rings. The van der Waals surface area contributed by atoms with Gasteiger partial charge in [0.25, 0.3) is 0 Å². The smallest absolute Gasteiger partial charge is 0.326 e. The zero-order chi connectivity index (χ0) is 11.8. The lowest BCUT2D eigenvalue weighted by Gasteiger charge is -2.17. The Labute approximate surface area is 90.2 Å². The van der Waals surface area contributed by atoms with Crippen LogP contribution in [0.4, 0.5) is 0 Å². The summed E-state index contributed by atoms with van der Waals surface area (Å²) in [4.78, 5) is 22.1. The number of carbonyl (C=O) groups is 2. The normalized spacial score (nSPS) is 12.5. The van der Waals surface area contributed by atoms with Gasteiger partial charge < -0.3 is 15.7 Å². The van der Waals surface area contributed by atoms with E-state index in [9.17, 15) is 9.59 Å². The Bertz CT molecular complexity index is 217. The average molecular weight is 216 g/mol. The van der Waals surface area contributed by atoms with Gasteiger partial charge in [0.05, 0.1) is 6.54 Å². The quantitative estimate of drug-likeness (QED) is 0.532. The van der Waals surface area contributed by atoms with Crippen LogP contribution in [0.1, 0.15) is 27.2 Å². The van der Waals surface area contributed by atoms with Gasteiger partial charge in [-0.25, -0.2) is 4.79 Å². The number of aliphatic carboxylic acids is 1. The first kappa shape index (κ1) is 13.9. The van der Waals surface area contributed by atoms with Crippen molar-refractivity contribution in [2.45, 2.75) is 33.2 Å². The summed E-state index contributed by atoms with van der Waals surface area (Å²) < 4.78 is 0. The van der Waals surface area contributed by atoms with Crippen LogP contribution in [0, 0.1) is 5.92 Å². The third-order valence-corrected chi connectivity index (χ3v) is 1.96. The van der Waals surface area contributed by atoms with E-state index in [1.54, 1.807) is 13.8 Å². The van der Waals surface area contributed by atoms with Crippen molar-refractivity contribution in [1.29, 1.82) is 0 Å². The predicted octanol–water partition coefficient (Wildman–Crippen LogP) is 0.211. The number of carboxylic acid groups (broad SMARTS) is 1. The van der Waals surface area contributed by atoms with Gasteiger partial charge >= 0.3 is 5.97 Å². The van der Waals surface area contributed by atoms with E-state index in [1.165, 1.54) is 0 Å². The lowest BCUT2D eigenvalue weighted by molar-refractivity contribution is -0.142. The van der Waals surface area contributed by atoms with Gasteiger partial charge in [-0.1, -0.05) is 20.8 Å². The number of nitrogens with one attached hydrogen (secondary N) is 2. The van der Waals surface area contributed by atoms with E-state index in [-0.39, 0.29) is 18.4 Å². The van der Waals surface area contributed by atoms with Gasteiger partial charge in [-0.05, 0) is 18.9 Å². The summed E-state index contributed by atoms with van der Waals surface area (Å²) in [7, 11) is 0. The van der Waals surface area contributed by atoms with E-state index >= 15 is 0 Å². The Balaban J connectivity index is 3.95. The van der Waals surface area contributed by atoms with Crippen LogP contribution in [0.15, 0.2) is 0 Å². The van der Waals surface area contributed by atoms with Crippen molar-refractivity contribution >= 4 is 11.9 Å². The van der Waals surface area contributed by atoms with Gasteiger partial charge in [0.1, 0.15) is 6.04 Å². The SMILES string of the molecule is CCCNCC(=O)NC(C(=O)O)C(C)C. The standard InChI is InChI=1S/C10H20N2O3/c1-4-5-11-6-8(13)12-9(7(2)3)10(14)15/h7,9,11H,4-6H2,1-3H3,(H,12,13)(H,14,15). The number of carboxylic acids is 1. The Kier molecular flexibility index (Phi) is 6.70. The van der Waals surface area contributed by atoms with Gasteiger partial charge in [0, 0.05) is 0 Å². The van der Waals surface area contributed by atoms with Crippen LogP contribution in [-0.2, 0) is 9.59 Å². The van der Waals surface area contributed by atoms with Crippen LogP contribution in [0.3, 0.4) is 0 Å². The summed E-state index contributed by atoms with van der Waals surface area (Å²) in [5.74, 6) is -1.38. The molecule has 0 spiro atoms. The molecule has 1 atom stereocenters. The second-order valence-corrected chi connectivity index (χ2v) is 3.80. The molecular weight excluding hydrogens is 196 g/mol. The monoisotopic (exact) mass is 216 g/mol. The van der Waals surface area contributed by atoms with E-state index in [0.29, 0.717) is 0 Å². The Hall–Kier alpha value is -1.10. The van der Waals surface area contributed by atoms with Gasteiger partial charge in [0.2, 0.25) is 5.91 Å². The molecule has 0 saturated heterocycles. The molecule has 0 bridgehead atoms. The van der Waals surface area contributed by atoms with Gasteiger partial charge in [0.15, 0.2) is 0 Å². The third-order valence-electron chi connectivity index (χ3n) is 1.96. The van der Waals surface area contributed by atoms with Crippen molar-refractivity contribution in [3.63, 3.8) is 0 Å². The third kappa shape index (κ3) is 6.06. The average Bonchev–Trinajstić information content (AvgIpc) is 2.13. The molecule has 0 aliphatic carbocycles. The van der Waals surface area contributed by atoms with Gasteiger partial charge in [-0.2, -0.15) is 0 Å². The Morgan fingerprint density at radius 2 is 1.93 bits per heavy atom. The highest BCUT2D eigenvalue weighted by Crippen LogP contribution is 2.00. The van der Waals surface area contributed by atoms with Crippen molar-refractivity contribution in [1.82, 2.24) is 10.6 Å². The largest absolute Gasteiger partial charge is 0.480 e. The molecule has 0 rings (SSSR count). The molecule has 0 aromatic carbocycles. The van der Waals surface area contributed by atoms with Crippen LogP contribution < -0.4 is 10.6 Å². The highest BCUT2D eigenvalue weighted by molar-refractivity contribution is 5.84. The maximum atomic E-state index is 11.3. The van der Waals surface area contributed by atoms with Crippen LogP contribution >= 0.6 is 0 Å². The summed E-state index contributed by atoms with van der Waals surface area (Å²) in [6.45, 7) is 6.45. The second kappa shape index (κ2) is 7.23. The molecule has 0 aliphatic rings. The zero-order valence-corrected chi connectivity index (χ0v) is 9.54. The van der Waals surface area contributed by atoms with E-state index in [1.807, 2.05) is 6.92 Å². The van der Waals surface area contributed by atoms with Crippen LogP contribution in [0.25, 0.3) is 0 Å². The summed E-state index contributed by atoms with van der Waals surface area (Å²) >= 11 is 0. The fourth-order valence-corrected chi connectivity index (χ4v) is 1.12. The van der Waals surface area contributed by atoms with Crippen LogP contribution in [0.5, 0.6) is 0 Å². The van der Waals surface area contributed by atoms with Crippen LogP contribution in [0.2, 0.25) is 0 Å². The molecular formula is C10H20N2O3. The summed E-state index contributed by atoms with van der Waals surface area (Å²) in [6, 6.07) is -0.805. The Morgan fingerprint density at radius 3 is 2.33 bits per heavy atom. The molecule has 1 unspecified atom stereocenters. The maximum absolute atomic E-state index is 11.3. The molecule has 0 saturated carbocycles. The minimum absolute atomic E-state index is 0.113. The molecule has 0 radical (unpaired) electrons. The lowest BCUT2D eigenvalue weighted by Crippen LogP contribution is -2.47. The number of amides is 1. The highest BCUT2D eigenvalue weighted by Gasteiger charge is 2.22. The van der Waals surface area contributed by atoms with E-state index < -0.39 is 12.0 Å². The fourth-order valence-electron chi connectivity index (χ4n) is 1.12. The molecule has 0 aromatic heterocycles. The summed E-state index contributed by atoms with van der Waals surface area (Å²) in [5, 5.41) is 14.2. The number of rotatable bonds is 7. The minimum Gasteiger partial charge on any atom is -0.480 e. The van der Waals surface area contributed by atoms with Crippen molar-refractivity contribution in [2.75, 3.05) is 13.1 Å². The van der Waals surface area contributed by atoms with Crippen molar-refractivity contribution in [3.05, 3.63) is 0 Å². The molecule has 3 N–H and O–H groups in total. The molecule has 15 heavy (non-hydrogen) atoms. The Morgan fingerprint density at radius 1 is 1.33 bits per heavy atom. The second-order valence-electron chi connectivity index (χ2n) is 3.80. The van der Waals surface area contributed by atoms with Crippen molar-refractivity contribution < 1.29 is 14.7 Å². The number of hydrogen-bond acceptors (Lipinski definition) is 3. The predicted molar refractivity (Wildman–Crippen MR) is 57.6 cm³/mol. The van der Waals surface area contributed by atoms with Crippen molar-refractivity contribution in [2.24, 2.45) is 5.92 Å². The molecule has 5 nitrogen and oxygen atoms in total. The lowest BCUT2D eigenvalue weighted by atomic mass is 10.1. The highest BCUT2D eigenvalue weighted by atomic mass is 16.4. The molecule has 0 fully saturated rings. The topological polar surface area (TPSA) is 78.4 Å². The number of carbonyl (C=O) groups excluding carboxylic acids is 1. The first-order valence-corrected chi connectivity index (χ1v) is 5.22. The molecule has 0 heterocycles. The molecule has 1 amide bonds. The summed E-state index contributed by atoms with van der Waals surface area (Å²) in [6.07, 6.45) is 0.944. The molecule has 88 valence electrons. The fraction of sp³-hybridized carbons (Fsp3) is 0.800. The first-order chi connectivity index (χ1) is 6.99. The maximum Gasteiger partial charge on any atom is 0.326 e. The van der Waals surface area contributed by atoms with Gasteiger partial charge in [-0.3, -0.25) is 4.79 Å². The zero-order valence-electron chi connectivity index (χ0n) is 9.54. The minimum atomic E-state index is -0.992. The van der Waals surface area contributed by atoms with Crippen molar-refractivity contribution in [3.8, 4) is 0 Å². The summed E-state index contributed by atoms with van der Waals surface area (Å²) in [5.41, 5.74) is 0. The van der Waals surface area contributed by atoms with E-state index in [4.69, 9.17) is 5.11 Å². The molecule has 5 heteroatoms. The number of hydrogen-bond donors (Lipinski definition) is 3.